The van der Waals surface area contributed by atoms with Crippen molar-refractivity contribution in [2.45, 2.75) is 84.7 Å². The van der Waals surface area contributed by atoms with Gasteiger partial charge in [0.1, 0.15) is 11.2 Å². The molecule has 7 nitrogen and oxygen atoms in total. The van der Waals surface area contributed by atoms with Crippen molar-refractivity contribution in [2.24, 2.45) is 4.99 Å². The molecule has 0 radical (unpaired) electrons. The third kappa shape index (κ3) is 5.40. The lowest BCUT2D eigenvalue weighted by atomic mass is 9.99. The van der Waals surface area contributed by atoms with E-state index in [1.54, 1.807) is 0 Å². The minimum atomic E-state index is -0.761. The van der Waals surface area contributed by atoms with Crippen molar-refractivity contribution in [2.75, 3.05) is 13.1 Å². The molecule has 0 unspecified atom stereocenters. The molecule has 0 aromatic carbocycles. The van der Waals surface area contributed by atoms with Gasteiger partial charge in [-0.2, -0.15) is 0 Å². The molecular formula is C22H33N3O4. The molecule has 2 aliphatic carbocycles. The second kappa shape index (κ2) is 7.84. The number of carbonyl (C=O) groups excluding carboxylic acids is 2. The van der Waals surface area contributed by atoms with Crippen LogP contribution in [0.25, 0.3) is 0 Å². The highest BCUT2D eigenvalue weighted by Crippen LogP contribution is 2.33. The fourth-order valence-electron chi connectivity index (χ4n) is 3.68. The Morgan fingerprint density at radius 2 is 1.45 bits per heavy atom. The van der Waals surface area contributed by atoms with Gasteiger partial charge in [-0.05, 0) is 78.0 Å². The first kappa shape index (κ1) is 21.4. The number of fused-ring (bicyclic) bond motifs is 1. The van der Waals surface area contributed by atoms with Gasteiger partial charge >= 0.3 is 12.2 Å². The summed E-state index contributed by atoms with van der Waals surface area (Å²) < 4.78 is 11.1. The Hall–Kier alpha value is -2.31. The number of nitrogens with zero attached hydrogens (tertiary/aromatic N) is 3. The highest BCUT2D eigenvalue weighted by atomic mass is 16.6. The van der Waals surface area contributed by atoms with E-state index in [2.05, 4.69) is 12.2 Å². The molecule has 1 heterocycles. The molecular weight excluding hydrogens is 370 g/mol. The second-order valence-electron chi connectivity index (χ2n) is 9.77. The van der Waals surface area contributed by atoms with E-state index in [0.29, 0.717) is 19.5 Å². The van der Waals surface area contributed by atoms with Crippen LogP contribution < -0.4 is 0 Å². The number of hydrogen-bond donors (Lipinski definition) is 0. The summed E-state index contributed by atoms with van der Waals surface area (Å²) in [6, 6.07) is 0. The summed E-state index contributed by atoms with van der Waals surface area (Å²) in [5.74, 6) is 0. The van der Waals surface area contributed by atoms with Crippen LogP contribution in [0.15, 0.2) is 28.3 Å². The number of ether oxygens (including phenoxy) is 2. The maximum absolute atomic E-state index is 12.8. The zero-order valence-corrected chi connectivity index (χ0v) is 18.4. The van der Waals surface area contributed by atoms with E-state index >= 15 is 0 Å². The Bertz CT molecular complexity index is 732. The molecule has 0 aromatic rings. The first-order valence-corrected chi connectivity index (χ1v) is 10.4. The molecule has 1 aliphatic heterocycles. The minimum Gasteiger partial charge on any atom is -0.444 e. The molecule has 7 heteroatoms. The molecule has 0 atom stereocenters. The van der Waals surface area contributed by atoms with Crippen molar-refractivity contribution in [3.8, 4) is 0 Å². The summed E-state index contributed by atoms with van der Waals surface area (Å²) >= 11 is 0. The lowest BCUT2D eigenvalue weighted by Crippen LogP contribution is -2.46. The van der Waals surface area contributed by atoms with E-state index < -0.39 is 29.7 Å². The van der Waals surface area contributed by atoms with Crippen molar-refractivity contribution in [3.05, 3.63) is 23.3 Å². The topological polar surface area (TPSA) is 71.4 Å². The Balaban J connectivity index is 1.86. The maximum Gasteiger partial charge on any atom is 0.413 e. The van der Waals surface area contributed by atoms with Crippen LogP contribution in [0, 0.1) is 0 Å². The molecule has 160 valence electrons. The predicted octanol–water partition coefficient (Wildman–Crippen LogP) is 4.64. The third-order valence-corrected chi connectivity index (χ3v) is 4.88. The summed E-state index contributed by atoms with van der Waals surface area (Å²) in [5.41, 5.74) is 2.36. The van der Waals surface area contributed by atoms with E-state index in [4.69, 9.17) is 14.5 Å². The largest absolute Gasteiger partial charge is 0.444 e. The fourth-order valence-corrected chi connectivity index (χ4v) is 3.68. The Kier molecular flexibility index (Phi) is 5.79. The minimum absolute atomic E-state index is 0.354. The summed E-state index contributed by atoms with van der Waals surface area (Å²) in [5, 5.41) is 0. The number of rotatable bonds is 1. The number of allylic oxidation sites excluding steroid dienone is 4. The lowest BCUT2D eigenvalue weighted by Gasteiger charge is -2.31. The number of carbonyl (C=O) groups is 2. The summed E-state index contributed by atoms with van der Waals surface area (Å²) in [6.45, 7) is 11.7. The van der Waals surface area contributed by atoms with E-state index in [9.17, 15) is 9.59 Å². The number of amides is 2. The Morgan fingerprint density at radius 1 is 0.931 bits per heavy atom. The van der Waals surface area contributed by atoms with Gasteiger partial charge in [-0.15, -0.1) is 0 Å². The summed E-state index contributed by atoms with van der Waals surface area (Å²) in [6.07, 6.45) is 6.67. The van der Waals surface area contributed by atoms with Crippen molar-refractivity contribution in [1.82, 2.24) is 9.80 Å². The molecule has 0 N–H and O–H groups in total. The second-order valence-corrected chi connectivity index (χ2v) is 9.77. The van der Waals surface area contributed by atoms with Crippen molar-refractivity contribution in [1.29, 1.82) is 0 Å². The summed E-state index contributed by atoms with van der Waals surface area (Å²) in [7, 11) is 0. The monoisotopic (exact) mass is 403 g/mol. The molecule has 29 heavy (non-hydrogen) atoms. The Labute approximate surface area is 173 Å². The molecule has 3 rings (SSSR count). The van der Waals surface area contributed by atoms with Gasteiger partial charge in [0.25, 0.3) is 0 Å². The molecule has 0 aromatic heterocycles. The standard InChI is InChI=1S/C22H33N3O4/c1-21(2,3)28-19(26)24-12-13-25(20(27)29-22(4,5)6)18(24)23-17-11-10-15-8-7-9-16(15)14-17/h10,14,18H,7-9,11-13H2,1-6H3. The van der Waals surface area contributed by atoms with Crippen molar-refractivity contribution in [3.63, 3.8) is 0 Å². The zero-order valence-electron chi connectivity index (χ0n) is 18.4. The van der Waals surface area contributed by atoms with Gasteiger partial charge in [0, 0.05) is 25.2 Å². The van der Waals surface area contributed by atoms with Crippen LogP contribution in [0.4, 0.5) is 9.59 Å². The quantitative estimate of drug-likeness (QED) is 0.639. The molecule has 1 saturated carbocycles. The molecule has 1 saturated heterocycles. The van der Waals surface area contributed by atoms with Gasteiger partial charge in [0.2, 0.25) is 6.29 Å². The van der Waals surface area contributed by atoms with Crippen LogP contribution in [0.1, 0.15) is 67.2 Å². The van der Waals surface area contributed by atoms with Gasteiger partial charge in [0.15, 0.2) is 0 Å². The first-order chi connectivity index (χ1) is 13.4. The van der Waals surface area contributed by atoms with Gasteiger partial charge in [-0.1, -0.05) is 6.08 Å². The zero-order chi connectivity index (χ0) is 21.4. The highest BCUT2D eigenvalue weighted by molar-refractivity contribution is 5.99. The SMILES string of the molecule is CC(C)(C)OC(=O)N1CCN(C(=O)OC(C)(C)C)C1N=C1C=C2CCCC2=CC1. The average molecular weight is 404 g/mol. The number of hydrogen-bond acceptors (Lipinski definition) is 5. The van der Waals surface area contributed by atoms with E-state index in [0.717, 1.165) is 18.6 Å². The smallest absolute Gasteiger partial charge is 0.413 e. The van der Waals surface area contributed by atoms with Crippen LogP contribution in [-0.2, 0) is 9.47 Å². The van der Waals surface area contributed by atoms with E-state index in [1.165, 1.54) is 27.4 Å². The predicted molar refractivity (Wildman–Crippen MR) is 112 cm³/mol. The average Bonchev–Trinajstić information content (AvgIpc) is 3.17. The van der Waals surface area contributed by atoms with Crippen LogP contribution in [0.5, 0.6) is 0 Å². The summed E-state index contributed by atoms with van der Waals surface area (Å²) in [4.78, 5) is 33.4. The van der Waals surface area contributed by atoms with E-state index in [1.807, 2.05) is 41.5 Å². The molecule has 0 bridgehead atoms. The maximum atomic E-state index is 12.8. The molecule has 2 amide bonds. The fraction of sp³-hybridized carbons (Fsp3) is 0.682. The van der Waals surface area contributed by atoms with Crippen LogP contribution in [-0.4, -0.2) is 58.3 Å². The molecule has 2 fully saturated rings. The van der Waals surface area contributed by atoms with Crippen molar-refractivity contribution >= 4 is 17.9 Å². The van der Waals surface area contributed by atoms with Crippen LogP contribution >= 0.6 is 0 Å². The number of aliphatic imine (C=N–C) groups is 1. The van der Waals surface area contributed by atoms with Gasteiger partial charge < -0.3 is 9.47 Å². The van der Waals surface area contributed by atoms with Gasteiger partial charge in [-0.3, -0.25) is 9.80 Å². The third-order valence-electron chi connectivity index (χ3n) is 4.88. The van der Waals surface area contributed by atoms with Gasteiger partial charge in [0.05, 0.1) is 0 Å². The Morgan fingerprint density at radius 3 is 1.97 bits per heavy atom. The van der Waals surface area contributed by atoms with Crippen molar-refractivity contribution < 1.29 is 19.1 Å². The molecule has 3 aliphatic rings. The lowest BCUT2D eigenvalue weighted by molar-refractivity contribution is 0.00195. The van der Waals surface area contributed by atoms with E-state index in [-0.39, 0.29) is 0 Å². The normalized spacial score (nSPS) is 21.8. The van der Waals surface area contributed by atoms with Crippen LogP contribution in [0.2, 0.25) is 0 Å². The highest BCUT2D eigenvalue weighted by Gasteiger charge is 2.41. The van der Waals surface area contributed by atoms with Crippen LogP contribution in [0.3, 0.4) is 0 Å². The first-order valence-electron chi connectivity index (χ1n) is 10.4. The molecule has 0 spiro atoms. The van der Waals surface area contributed by atoms with Gasteiger partial charge in [-0.25, -0.2) is 14.6 Å².